The molecule has 5 heterocycles. The minimum Gasteiger partial charge on any atom is -0.392 e. The van der Waals surface area contributed by atoms with Crippen molar-refractivity contribution in [2.24, 2.45) is 0 Å². The van der Waals surface area contributed by atoms with Crippen LogP contribution < -0.4 is 0 Å². The molecule has 2 aliphatic heterocycles. The lowest BCUT2D eigenvalue weighted by molar-refractivity contribution is 0.283. The van der Waals surface area contributed by atoms with E-state index in [0.29, 0.717) is 0 Å². The second-order valence-corrected chi connectivity index (χ2v) is 12.4. The van der Waals surface area contributed by atoms with E-state index in [1.54, 1.807) is 0 Å². The Hall–Kier alpha value is -6.56. The summed E-state index contributed by atoms with van der Waals surface area (Å²) in [4.78, 5) is 18.2. The summed E-state index contributed by atoms with van der Waals surface area (Å²) in [6.07, 6.45) is 8.37. The van der Waals surface area contributed by atoms with E-state index in [1.165, 1.54) is 0 Å². The van der Waals surface area contributed by atoms with Gasteiger partial charge in [0.05, 0.1) is 34.9 Å². The standard InChI is InChI=1S/C45H32N4O/c50-28-33-27-40-43(31-17-9-3-10-18-31)38-24-23-36(47-38)41(29-13-5-1-6-14-29)34-21-22-35(46-34)42(30-15-7-2-8-16-30)37-25-26-39(48-37)44(45(33)49-40)32-19-11-4-12-20-32/h1-27,46,49-50H,28H2. The van der Waals surface area contributed by atoms with Crippen LogP contribution in [0.3, 0.4) is 0 Å². The SMILES string of the molecule is OCc1cc2[nH]c1c(-c1ccccc1)c1nc(c(-c3ccccc3)c3ccc([nH]3)c(-c3ccccc3)c3nc(c2-c2ccccc2)C=C3)C=C1. The summed E-state index contributed by atoms with van der Waals surface area (Å²) < 4.78 is 0. The van der Waals surface area contributed by atoms with Crippen LogP contribution in [0, 0.1) is 0 Å². The molecule has 5 heteroatoms. The Labute approximate surface area is 289 Å². The summed E-state index contributed by atoms with van der Waals surface area (Å²) in [6.45, 7) is -0.143. The van der Waals surface area contributed by atoms with E-state index < -0.39 is 0 Å². The smallest absolute Gasteiger partial charge is 0.0737 e. The summed E-state index contributed by atoms with van der Waals surface area (Å²) in [5, 5.41) is 10.9. The van der Waals surface area contributed by atoms with Gasteiger partial charge in [-0.15, -0.1) is 0 Å². The summed E-state index contributed by atoms with van der Waals surface area (Å²) >= 11 is 0. The lowest BCUT2D eigenvalue weighted by atomic mass is 10.0. The van der Waals surface area contributed by atoms with Crippen LogP contribution in [0.25, 0.3) is 90.9 Å². The van der Waals surface area contributed by atoms with Crippen LogP contribution in [-0.2, 0) is 6.61 Å². The Morgan fingerprint density at radius 1 is 0.400 bits per heavy atom. The molecular formula is C45H32N4O. The van der Waals surface area contributed by atoms with E-state index >= 15 is 0 Å². The fraction of sp³-hybridized carbons (Fsp3) is 0.0222. The molecule has 0 saturated carbocycles. The van der Waals surface area contributed by atoms with Crippen molar-refractivity contribution in [1.82, 2.24) is 19.9 Å². The van der Waals surface area contributed by atoms with Crippen LogP contribution in [0.15, 0.2) is 140 Å². The topological polar surface area (TPSA) is 77.6 Å². The van der Waals surface area contributed by atoms with Crippen molar-refractivity contribution >= 4 is 46.4 Å². The van der Waals surface area contributed by atoms with Crippen molar-refractivity contribution in [3.05, 3.63) is 168 Å². The fourth-order valence-corrected chi connectivity index (χ4v) is 7.11. The molecule has 8 bridgehead atoms. The molecule has 238 valence electrons. The van der Waals surface area contributed by atoms with Gasteiger partial charge in [-0.1, -0.05) is 121 Å². The summed E-state index contributed by atoms with van der Waals surface area (Å²) in [5.41, 5.74) is 15.8. The molecule has 3 N–H and O–H groups in total. The monoisotopic (exact) mass is 644 g/mol. The first kappa shape index (κ1) is 29.6. The third-order valence-corrected chi connectivity index (χ3v) is 9.37. The summed E-state index contributed by atoms with van der Waals surface area (Å²) in [7, 11) is 0. The van der Waals surface area contributed by atoms with E-state index in [-0.39, 0.29) is 6.61 Å². The zero-order chi connectivity index (χ0) is 33.4. The van der Waals surface area contributed by atoms with Crippen molar-refractivity contribution in [1.29, 1.82) is 0 Å². The predicted molar refractivity (Wildman–Crippen MR) is 207 cm³/mol. The largest absolute Gasteiger partial charge is 0.392 e. The van der Waals surface area contributed by atoms with Crippen LogP contribution in [0.4, 0.5) is 0 Å². The molecule has 50 heavy (non-hydrogen) atoms. The maximum atomic E-state index is 10.9. The van der Waals surface area contributed by atoms with Gasteiger partial charge in [0.15, 0.2) is 0 Å². The molecule has 9 rings (SSSR count). The van der Waals surface area contributed by atoms with Crippen LogP contribution >= 0.6 is 0 Å². The van der Waals surface area contributed by atoms with Crippen LogP contribution in [0.1, 0.15) is 28.3 Å². The van der Waals surface area contributed by atoms with E-state index in [4.69, 9.17) is 9.97 Å². The number of fused-ring (bicyclic) bond motifs is 8. The molecule has 0 saturated heterocycles. The number of aliphatic hydroxyl groups is 1. The molecule has 0 aliphatic carbocycles. The predicted octanol–water partition coefficient (Wildman–Crippen LogP) is 10.8. The number of aliphatic hydroxyl groups excluding tert-OH is 1. The summed E-state index contributed by atoms with van der Waals surface area (Å²) in [6, 6.07) is 47.7. The van der Waals surface area contributed by atoms with Gasteiger partial charge in [0.1, 0.15) is 0 Å². The van der Waals surface area contributed by atoms with Crippen molar-refractivity contribution < 1.29 is 5.11 Å². The lowest BCUT2D eigenvalue weighted by Crippen LogP contribution is -1.90. The minimum atomic E-state index is -0.143. The number of aromatic nitrogens is 4. The van der Waals surface area contributed by atoms with Gasteiger partial charge in [-0.25, -0.2) is 9.97 Å². The first-order valence-corrected chi connectivity index (χ1v) is 16.8. The Kier molecular flexibility index (Phi) is 7.38. The first-order chi connectivity index (χ1) is 24.7. The zero-order valence-electron chi connectivity index (χ0n) is 27.1. The van der Waals surface area contributed by atoms with Gasteiger partial charge in [0.25, 0.3) is 0 Å². The third-order valence-electron chi connectivity index (χ3n) is 9.37. The van der Waals surface area contributed by atoms with Gasteiger partial charge < -0.3 is 15.1 Å². The Morgan fingerprint density at radius 3 is 1.16 bits per heavy atom. The maximum Gasteiger partial charge on any atom is 0.0737 e. The van der Waals surface area contributed by atoms with Crippen LogP contribution in [-0.4, -0.2) is 25.0 Å². The first-order valence-electron chi connectivity index (χ1n) is 16.8. The van der Waals surface area contributed by atoms with Gasteiger partial charge in [0, 0.05) is 44.4 Å². The van der Waals surface area contributed by atoms with E-state index in [9.17, 15) is 5.11 Å². The van der Waals surface area contributed by atoms with Gasteiger partial charge in [-0.2, -0.15) is 0 Å². The molecule has 3 aromatic heterocycles. The molecule has 0 unspecified atom stereocenters. The highest BCUT2D eigenvalue weighted by atomic mass is 16.3. The highest BCUT2D eigenvalue weighted by Crippen LogP contribution is 2.39. The lowest BCUT2D eigenvalue weighted by Gasteiger charge is -2.07. The van der Waals surface area contributed by atoms with E-state index in [2.05, 4.69) is 125 Å². The number of aromatic amines is 2. The number of benzene rings is 4. The van der Waals surface area contributed by atoms with Gasteiger partial charge in [-0.3, -0.25) is 0 Å². The normalized spacial score (nSPS) is 12.0. The maximum absolute atomic E-state index is 10.9. The van der Waals surface area contributed by atoms with Gasteiger partial charge in [0.2, 0.25) is 0 Å². The van der Waals surface area contributed by atoms with E-state index in [1.807, 2.05) is 48.5 Å². The quantitative estimate of drug-likeness (QED) is 0.174. The summed E-state index contributed by atoms with van der Waals surface area (Å²) in [5.74, 6) is 0. The highest BCUT2D eigenvalue weighted by molar-refractivity contribution is 6.00. The average Bonchev–Trinajstić information content (AvgIpc) is 4.00. The third kappa shape index (κ3) is 5.17. The molecule has 4 aromatic carbocycles. The molecule has 7 aromatic rings. The van der Waals surface area contributed by atoms with Crippen molar-refractivity contribution in [3.8, 4) is 44.5 Å². The molecule has 0 fully saturated rings. The molecule has 0 radical (unpaired) electrons. The highest BCUT2D eigenvalue weighted by Gasteiger charge is 2.20. The molecule has 0 amide bonds. The Bertz CT molecular complexity index is 2600. The van der Waals surface area contributed by atoms with Crippen LogP contribution in [0.2, 0.25) is 0 Å². The Balaban J connectivity index is 1.51. The Morgan fingerprint density at radius 2 is 0.760 bits per heavy atom. The second kappa shape index (κ2) is 12.5. The number of hydrogen-bond acceptors (Lipinski definition) is 3. The zero-order valence-corrected chi connectivity index (χ0v) is 27.1. The van der Waals surface area contributed by atoms with Crippen LogP contribution in [0.5, 0.6) is 0 Å². The van der Waals surface area contributed by atoms with E-state index in [0.717, 1.165) is 94.9 Å². The van der Waals surface area contributed by atoms with Crippen molar-refractivity contribution in [3.63, 3.8) is 0 Å². The average molecular weight is 645 g/mol. The minimum absolute atomic E-state index is 0.143. The number of nitrogens with one attached hydrogen (secondary N) is 2. The van der Waals surface area contributed by atoms with Gasteiger partial charge >= 0.3 is 0 Å². The van der Waals surface area contributed by atoms with Gasteiger partial charge in [-0.05, 0) is 64.8 Å². The van der Waals surface area contributed by atoms with Crippen molar-refractivity contribution in [2.45, 2.75) is 6.61 Å². The van der Waals surface area contributed by atoms with Crippen molar-refractivity contribution in [2.75, 3.05) is 0 Å². The molecule has 5 nitrogen and oxygen atoms in total. The second-order valence-electron chi connectivity index (χ2n) is 12.4. The number of hydrogen-bond donors (Lipinski definition) is 3. The molecular weight excluding hydrogens is 613 g/mol. The number of H-pyrrole nitrogens is 2. The molecule has 0 spiro atoms. The number of rotatable bonds is 5. The molecule has 0 atom stereocenters. The number of nitrogens with zero attached hydrogens (tertiary/aromatic N) is 2. The molecule has 2 aliphatic rings. The fourth-order valence-electron chi connectivity index (χ4n) is 7.11.